The molecule has 1 aliphatic heterocycles. The Bertz CT molecular complexity index is 871. The Labute approximate surface area is 173 Å². The van der Waals surface area contributed by atoms with Gasteiger partial charge in [-0.3, -0.25) is 4.79 Å². The van der Waals surface area contributed by atoms with Crippen molar-refractivity contribution in [3.05, 3.63) is 71.3 Å². The number of nitrogens with one attached hydrogen (secondary N) is 2. The topological polar surface area (TPSA) is 53.9 Å². The molecule has 154 valence electrons. The number of quaternary nitrogens is 1. The van der Waals surface area contributed by atoms with E-state index in [0.717, 1.165) is 17.0 Å². The molecular weight excluding hydrogens is 362 g/mol. The van der Waals surface area contributed by atoms with Gasteiger partial charge in [0.05, 0.1) is 7.05 Å². The molecule has 5 heteroatoms. The first-order chi connectivity index (χ1) is 13.7. The number of imide groups is 1. The number of urea groups is 1. The lowest BCUT2D eigenvalue weighted by molar-refractivity contribution is -0.901. The van der Waals surface area contributed by atoms with Crippen molar-refractivity contribution in [2.45, 2.75) is 51.6 Å². The first-order valence-electron chi connectivity index (χ1n) is 10.3. The number of nitrogens with zero attached hydrogens (tertiary/aromatic N) is 1. The zero-order valence-electron chi connectivity index (χ0n) is 18.1. The maximum absolute atomic E-state index is 13.2. The molecule has 2 aromatic carbocycles. The van der Waals surface area contributed by atoms with Gasteiger partial charge in [0.15, 0.2) is 6.67 Å². The molecule has 29 heavy (non-hydrogen) atoms. The lowest BCUT2D eigenvalue weighted by Crippen LogP contribution is -3.09. The summed E-state index contributed by atoms with van der Waals surface area (Å²) in [5, 5.41) is 2.95. The molecule has 0 aliphatic carbocycles. The van der Waals surface area contributed by atoms with Gasteiger partial charge in [0.2, 0.25) is 0 Å². The molecule has 1 aliphatic rings. The monoisotopic (exact) mass is 394 g/mol. The Morgan fingerprint density at radius 3 is 2.17 bits per heavy atom. The average Bonchev–Trinajstić information content (AvgIpc) is 2.93. The number of hydrogen-bond acceptors (Lipinski definition) is 2. The third-order valence-corrected chi connectivity index (χ3v) is 5.73. The molecule has 0 radical (unpaired) electrons. The van der Waals surface area contributed by atoms with Gasteiger partial charge in [-0.25, -0.2) is 9.69 Å². The number of hydrogen-bond donors (Lipinski definition) is 2. The van der Waals surface area contributed by atoms with E-state index in [-0.39, 0.29) is 17.4 Å². The Hall–Kier alpha value is -2.66. The zero-order chi connectivity index (χ0) is 21.2. The lowest BCUT2D eigenvalue weighted by atomic mass is 9.87. The van der Waals surface area contributed by atoms with Gasteiger partial charge in [-0.1, -0.05) is 82.3 Å². The smallest absolute Gasteiger partial charge is 0.319 e. The predicted octanol–water partition coefficient (Wildman–Crippen LogP) is 2.81. The van der Waals surface area contributed by atoms with Crippen LogP contribution < -0.4 is 10.2 Å². The minimum Gasteiger partial charge on any atom is -0.319 e. The van der Waals surface area contributed by atoms with Crippen molar-refractivity contribution in [3.8, 4) is 0 Å². The summed E-state index contributed by atoms with van der Waals surface area (Å²) < 4.78 is 0. The molecule has 0 saturated carbocycles. The van der Waals surface area contributed by atoms with Crippen molar-refractivity contribution < 1.29 is 14.5 Å². The maximum Gasteiger partial charge on any atom is 0.329 e. The Kier molecular flexibility index (Phi) is 5.80. The van der Waals surface area contributed by atoms with Gasteiger partial charge in [-0.15, -0.1) is 0 Å². The van der Waals surface area contributed by atoms with E-state index < -0.39 is 5.54 Å². The molecule has 5 nitrogen and oxygen atoms in total. The minimum atomic E-state index is -0.965. The van der Waals surface area contributed by atoms with Crippen LogP contribution in [0.15, 0.2) is 54.6 Å². The second kappa shape index (κ2) is 7.99. The van der Waals surface area contributed by atoms with Crippen molar-refractivity contribution in [2.75, 3.05) is 13.7 Å². The second-order valence-electron chi connectivity index (χ2n) is 9.03. The largest absolute Gasteiger partial charge is 0.329 e. The summed E-state index contributed by atoms with van der Waals surface area (Å²) in [7, 11) is 2.01. The molecule has 0 bridgehead atoms. The molecule has 2 N–H and O–H groups in total. The molecule has 1 fully saturated rings. The van der Waals surface area contributed by atoms with Crippen LogP contribution in [0.3, 0.4) is 0 Å². The Morgan fingerprint density at radius 2 is 1.62 bits per heavy atom. The van der Waals surface area contributed by atoms with Gasteiger partial charge in [-0.05, 0) is 23.0 Å². The van der Waals surface area contributed by atoms with E-state index in [4.69, 9.17) is 0 Å². The number of carbonyl (C=O) groups excluding carboxylic acids is 2. The third kappa shape index (κ3) is 4.20. The van der Waals surface area contributed by atoms with Crippen molar-refractivity contribution >= 4 is 11.9 Å². The molecule has 1 saturated heterocycles. The summed E-state index contributed by atoms with van der Waals surface area (Å²) in [6, 6.07) is 17.8. The molecule has 1 unspecified atom stereocenters. The summed E-state index contributed by atoms with van der Waals surface area (Å²) in [5.74, 6) is -0.168. The van der Waals surface area contributed by atoms with E-state index >= 15 is 0 Å². The van der Waals surface area contributed by atoms with Crippen LogP contribution in [0.4, 0.5) is 4.79 Å². The van der Waals surface area contributed by atoms with Gasteiger partial charge in [0, 0.05) is 5.56 Å². The summed E-state index contributed by atoms with van der Waals surface area (Å²) >= 11 is 0. The van der Waals surface area contributed by atoms with Crippen LogP contribution in [0.25, 0.3) is 0 Å². The first-order valence-corrected chi connectivity index (χ1v) is 10.3. The molecule has 0 aromatic heterocycles. The van der Waals surface area contributed by atoms with E-state index in [1.807, 2.05) is 44.3 Å². The summed E-state index contributed by atoms with van der Waals surface area (Å²) in [5.41, 5.74) is 2.47. The van der Waals surface area contributed by atoms with Gasteiger partial charge >= 0.3 is 6.03 Å². The molecule has 3 amide bonds. The highest BCUT2D eigenvalue weighted by atomic mass is 16.2. The number of rotatable bonds is 6. The summed E-state index contributed by atoms with van der Waals surface area (Å²) in [6.07, 6.45) is 0.519. The fourth-order valence-electron chi connectivity index (χ4n) is 3.93. The molecule has 2 atom stereocenters. The van der Waals surface area contributed by atoms with Gasteiger partial charge in [0.25, 0.3) is 5.91 Å². The van der Waals surface area contributed by atoms with Crippen LogP contribution in [0.1, 0.15) is 50.8 Å². The fraction of sp³-hybridized carbons (Fsp3) is 0.417. The molecule has 2 aromatic rings. The SMILES string of the molecule is CC[C@]1(c2ccccc2)NC(=O)N(C[NH+](C)Cc2ccc(C(C)(C)C)cc2)C1=O. The average molecular weight is 395 g/mol. The van der Waals surface area contributed by atoms with E-state index in [9.17, 15) is 9.59 Å². The number of benzene rings is 2. The van der Waals surface area contributed by atoms with Gasteiger partial charge in [-0.2, -0.15) is 0 Å². The maximum atomic E-state index is 13.2. The first kappa shape index (κ1) is 21.1. The van der Waals surface area contributed by atoms with Crippen LogP contribution >= 0.6 is 0 Å². The highest BCUT2D eigenvalue weighted by molar-refractivity contribution is 6.07. The minimum absolute atomic E-state index is 0.123. The van der Waals surface area contributed by atoms with Gasteiger partial charge < -0.3 is 10.2 Å². The fourth-order valence-corrected chi connectivity index (χ4v) is 3.93. The highest BCUT2D eigenvalue weighted by Crippen LogP contribution is 2.31. The van der Waals surface area contributed by atoms with Crippen LogP contribution in [-0.2, 0) is 22.3 Å². The van der Waals surface area contributed by atoms with E-state index in [2.05, 4.69) is 50.4 Å². The predicted molar refractivity (Wildman–Crippen MR) is 114 cm³/mol. The Balaban J connectivity index is 1.71. The Morgan fingerprint density at radius 1 is 1.00 bits per heavy atom. The van der Waals surface area contributed by atoms with Crippen molar-refractivity contribution in [1.29, 1.82) is 0 Å². The van der Waals surface area contributed by atoms with E-state index in [1.54, 1.807) is 0 Å². The molecule has 3 rings (SSSR count). The molecular formula is C24H32N3O2+. The summed E-state index contributed by atoms with van der Waals surface area (Å²) in [4.78, 5) is 28.3. The van der Waals surface area contributed by atoms with Crippen molar-refractivity contribution in [2.24, 2.45) is 0 Å². The van der Waals surface area contributed by atoms with Crippen LogP contribution in [-0.4, -0.2) is 30.6 Å². The lowest BCUT2D eigenvalue weighted by Gasteiger charge is -2.26. The quantitative estimate of drug-likeness (QED) is 0.741. The standard InChI is InChI=1S/C24H31N3O2/c1-6-24(20-10-8-7-9-11-20)21(28)27(22(29)25-24)17-26(5)16-18-12-14-19(15-13-18)23(2,3)4/h7-15H,6,16-17H2,1-5H3,(H,25,29)/p+1/t24-/m1/s1. The van der Waals surface area contributed by atoms with Gasteiger partial charge in [0.1, 0.15) is 12.1 Å². The number of carbonyl (C=O) groups is 2. The van der Waals surface area contributed by atoms with E-state index in [1.165, 1.54) is 16.0 Å². The zero-order valence-corrected chi connectivity index (χ0v) is 18.1. The van der Waals surface area contributed by atoms with E-state index in [0.29, 0.717) is 13.1 Å². The van der Waals surface area contributed by atoms with Crippen LogP contribution in [0, 0.1) is 0 Å². The van der Waals surface area contributed by atoms with Crippen LogP contribution in [0.2, 0.25) is 0 Å². The molecule has 1 heterocycles. The van der Waals surface area contributed by atoms with Crippen molar-refractivity contribution in [3.63, 3.8) is 0 Å². The third-order valence-electron chi connectivity index (χ3n) is 5.73. The number of amides is 3. The molecule has 0 spiro atoms. The highest BCUT2D eigenvalue weighted by Gasteiger charge is 2.52. The second-order valence-corrected chi connectivity index (χ2v) is 9.03. The normalized spacial score (nSPS) is 20.7. The van der Waals surface area contributed by atoms with Crippen molar-refractivity contribution in [1.82, 2.24) is 10.2 Å². The summed E-state index contributed by atoms with van der Waals surface area (Å²) in [6.45, 7) is 9.60. The van der Waals surface area contributed by atoms with Crippen LogP contribution in [0.5, 0.6) is 0 Å².